The molecular weight excluding hydrogens is 331 g/mol. The van der Waals surface area contributed by atoms with Crippen LogP contribution in [-0.4, -0.2) is 47.5 Å². The van der Waals surface area contributed by atoms with Gasteiger partial charge in [-0.15, -0.1) is 0 Å². The fourth-order valence-electron chi connectivity index (χ4n) is 1.45. The van der Waals surface area contributed by atoms with Crippen molar-refractivity contribution >= 4 is 34.4 Å². The van der Waals surface area contributed by atoms with Gasteiger partial charge >= 0.3 is 0 Å². The summed E-state index contributed by atoms with van der Waals surface area (Å²) in [5.74, 6) is 0.672. The zero-order valence-corrected chi connectivity index (χ0v) is 12.5. The van der Waals surface area contributed by atoms with Gasteiger partial charge in [-0.05, 0) is 36.4 Å². The van der Waals surface area contributed by atoms with Crippen molar-refractivity contribution in [2.75, 3.05) is 31.6 Å². The highest BCUT2D eigenvalue weighted by Crippen LogP contribution is 2.06. The molecule has 0 atom stereocenters. The van der Waals surface area contributed by atoms with Gasteiger partial charge in [0, 0.05) is 36.1 Å². The molecule has 0 saturated heterocycles. The molecule has 0 bridgehead atoms. The molecule has 0 unspecified atom stereocenters. The van der Waals surface area contributed by atoms with Crippen molar-refractivity contribution < 1.29 is 4.79 Å². The molecule has 1 aromatic rings. The van der Waals surface area contributed by atoms with Gasteiger partial charge in [-0.1, -0.05) is 0 Å². The van der Waals surface area contributed by atoms with Gasteiger partial charge in [0.15, 0.2) is 0 Å². The fourth-order valence-corrected chi connectivity index (χ4v) is 1.73. The van der Waals surface area contributed by atoms with Crippen LogP contribution in [0.1, 0.15) is 13.8 Å². The monoisotopic (exact) mass is 348 g/mol. The van der Waals surface area contributed by atoms with Crippen LogP contribution in [0.4, 0.5) is 5.95 Å². The summed E-state index contributed by atoms with van der Waals surface area (Å²) in [5.41, 5.74) is 0. The Labute approximate surface area is 115 Å². The lowest BCUT2D eigenvalue weighted by molar-refractivity contribution is -0.129. The third-order valence-electron chi connectivity index (χ3n) is 2.44. The molecule has 0 N–H and O–H groups in total. The summed E-state index contributed by atoms with van der Waals surface area (Å²) in [6.07, 6.45) is 3.47. The smallest absolute Gasteiger partial charge is 0.242 e. The molecule has 0 aliphatic heterocycles. The van der Waals surface area contributed by atoms with E-state index in [1.165, 1.54) is 0 Å². The van der Waals surface area contributed by atoms with Crippen LogP contribution in [0.3, 0.4) is 0 Å². The van der Waals surface area contributed by atoms with Crippen LogP contribution in [0.25, 0.3) is 0 Å². The quantitative estimate of drug-likeness (QED) is 0.755. The van der Waals surface area contributed by atoms with Crippen molar-refractivity contribution in [2.45, 2.75) is 13.8 Å². The third kappa shape index (κ3) is 4.10. The number of nitrogens with zero attached hydrogens (tertiary/aromatic N) is 4. The Hall–Kier alpha value is -0.920. The summed E-state index contributed by atoms with van der Waals surface area (Å²) < 4.78 is 0.981. The van der Waals surface area contributed by atoms with E-state index in [0.717, 1.165) is 16.7 Å². The molecule has 6 heteroatoms. The molecule has 0 radical (unpaired) electrons. The Bertz CT molecular complexity index is 364. The minimum Gasteiger partial charge on any atom is -0.342 e. The summed E-state index contributed by atoms with van der Waals surface area (Å²) in [5, 5.41) is 0. The van der Waals surface area contributed by atoms with Crippen LogP contribution in [0.5, 0.6) is 0 Å². The summed E-state index contributed by atoms with van der Waals surface area (Å²) >= 11 is 2.15. The van der Waals surface area contributed by atoms with E-state index in [4.69, 9.17) is 0 Å². The van der Waals surface area contributed by atoms with E-state index in [0.29, 0.717) is 12.5 Å². The summed E-state index contributed by atoms with van der Waals surface area (Å²) in [7, 11) is 1.82. The lowest BCUT2D eigenvalue weighted by atomic mass is 10.4. The van der Waals surface area contributed by atoms with Crippen molar-refractivity contribution in [1.82, 2.24) is 14.9 Å². The second kappa shape index (κ2) is 6.73. The Morgan fingerprint density at radius 3 is 2.29 bits per heavy atom. The first kappa shape index (κ1) is 14.1. The second-order valence-corrected chi connectivity index (χ2v) is 4.87. The Kier molecular flexibility index (Phi) is 5.60. The van der Waals surface area contributed by atoms with Crippen LogP contribution in [0, 0.1) is 3.57 Å². The maximum atomic E-state index is 11.9. The van der Waals surface area contributed by atoms with Gasteiger partial charge in [0.1, 0.15) is 0 Å². The number of carbonyl (C=O) groups excluding carboxylic acids is 1. The van der Waals surface area contributed by atoms with Crippen molar-refractivity contribution in [3.05, 3.63) is 16.0 Å². The van der Waals surface area contributed by atoms with E-state index >= 15 is 0 Å². The average Bonchev–Trinajstić information content (AvgIpc) is 2.31. The highest BCUT2D eigenvalue weighted by Gasteiger charge is 2.13. The van der Waals surface area contributed by atoms with Crippen LogP contribution in [0.15, 0.2) is 12.4 Å². The molecule has 94 valence electrons. The number of hydrogen-bond donors (Lipinski definition) is 0. The van der Waals surface area contributed by atoms with E-state index < -0.39 is 0 Å². The zero-order chi connectivity index (χ0) is 12.8. The highest BCUT2D eigenvalue weighted by atomic mass is 127. The van der Waals surface area contributed by atoms with Crippen LogP contribution < -0.4 is 4.90 Å². The number of hydrogen-bond acceptors (Lipinski definition) is 4. The Morgan fingerprint density at radius 2 is 1.82 bits per heavy atom. The van der Waals surface area contributed by atoms with Gasteiger partial charge in [-0.3, -0.25) is 4.79 Å². The average molecular weight is 348 g/mol. The largest absolute Gasteiger partial charge is 0.342 e. The number of aromatic nitrogens is 2. The first-order valence-electron chi connectivity index (χ1n) is 5.54. The van der Waals surface area contributed by atoms with Crippen LogP contribution >= 0.6 is 22.6 Å². The van der Waals surface area contributed by atoms with Gasteiger partial charge in [0.05, 0.1) is 6.54 Å². The molecule has 1 amide bonds. The normalized spacial score (nSPS) is 10.1. The standard InChI is InChI=1S/C11H17IN4O/c1-4-16(5-2)10(17)8-15(3)11-13-6-9(12)7-14-11/h6-7H,4-5,8H2,1-3H3. The number of anilines is 1. The van der Waals surface area contributed by atoms with E-state index in [1.54, 1.807) is 22.2 Å². The minimum absolute atomic E-state index is 0.0969. The molecule has 1 rings (SSSR count). The molecule has 0 aliphatic rings. The first-order chi connectivity index (χ1) is 8.08. The van der Waals surface area contributed by atoms with Crippen LogP contribution in [0.2, 0.25) is 0 Å². The van der Waals surface area contributed by atoms with Gasteiger partial charge in [0.25, 0.3) is 0 Å². The van der Waals surface area contributed by atoms with Crippen LogP contribution in [-0.2, 0) is 4.79 Å². The molecule has 0 saturated carbocycles. The first-order valence-corrected chi connectivity index (χ1v) is 6.62. The van der Waals surface area contributed by atoms with E-state index in [2.05, 4.69) is 32.6 Å². The number of likely N-dealkylation sites (N-methyl/N-ethyl adjacent to an activating group) is 2. The molecule has 1 aromatic heterocycles. The predicted octanol–water partition coefficient (Wildman–Crippen LogP) is 1.39. The van der Waals surface area contributed by atoms with Crippen molar-refractivity contribution in [3.63, 3.8) is 0 Å². The summed E-state index contributed by atoms with van der Waals surface area (Å²) in [6, 6.07) is 0. The Morgan fingerprint density at radius 1 is 1.29 bits per heavy atom. The van der Waals surface area contributed by atoms with Crippen molar-refractivity contribution in [2.24, 2.45) is 0 Å². The number of halogens is 1. The number of amides is 1. The Balaban J connectivity index is 2.62. The maximum Gasteiger partial charge on any atom is 0.242 e. The molecule has 0 fully saturated rings. The van der Waals surface area contributed by atoms with Crippen molar-refractivity contribution in [1.29, 1.82) is 0 Å². The molecule has 5 nitrogen and oxygen atoms in total. The zero-order valence-electron chi connectivity index (χ0n) is 10.4. The minimum atomic E-state index is 0.0969. The molecular formula is C11H17IN4O. The molecule has 1 heterocycles. The summed E-state index contributed by atoms with van der Waals surface area (Å²) in [6.45, 7) is 5.72. The van der Waals surface area contributed by atoms with E-state index in [9.17, 15) is 4.79 Å². The molecule has 0 aromatic carbocycles. The van der Waals surface area contributed by atoms with Crippen molar-refractivity contribution in [3.8, 4) is 0 Å². The van der Waals surface area contributed by atoms with E-state index in [1.807, 2.05) is 20.9 Å². The van der Waals surface area contributed by atoms with Gasteiger partial charge in [0.2, 0.25) is 11.9 Å². The van der Waals surface area contributed by atoms with E-state index in [-0.39, 0.29) is 5.91 Å². The lowest BCUT2D eigenvalue weighted by Crippen LogP contribution is -2.39. The second-order valence-electron chi connectivity index (χ2n) is 3.62. The van der Waals surface area contributed by atoms with Gasteiger partial charge in [-0.2, -0.15) is 0 Å². The fraction of sp³-hybridized carbons (Fsp3) is 0.545. The lowest BCUT2D eigenvalue weighted by Gasteiger charge is -2.22. The molecule has 17 heavy (non-hydrogen) atoms. The molecule has 0 aliphatic carbocycles. The van der Waals surface area contributed by atoms with Gasteiger partial charge in [-0.25, -0.2) is 9.97 Å². The predicted molar refractivity (Wildman–Crippen MR) is 75.9 cm³/mol. The highest BCUT2D eigenvalue weighted by molar-refractivity contribution is 14.1. The topological polar surface area (TPSA) is 49.3 Å². The molecule has 0 spiro atoms. The summed E-state index contributed by atoms with van der Waals surface area (Å²) in [4.78, 5) is 23.8. The maximum absolute atomic E-state index is 11.9. The number of carbonyl (C=O) groups is 1. The third-order valence-corrected chi connectivity index (χ3v) is 2.99. The van der Waals surface area contributed by atoms with Gasteiger partial charge < -0.3 is 9.80 Å². The SMILES string of the molecule is CCN(CC)C(=O)CN(C)c1ncc(I)cn1. The number of rotatable bonds is 5.